The van der Waals surface area contributed by atoms with E-state index < -0.39 is 5.91 Å². The number of likely N-dealkylation sites (tertiary alicyclic amines) is 1. The lowest BCUT2D eigenvalue weighted by molar-refractivity contribution is -0.121. The Kier molecular flexibility index (Phi) is 6.43. The van der Waals surface area contributed by atoms with E-state index in [2.05, 4.69) is 36.3 Å². The van der Waals surface area contributed by atoms with E-state index in [0.717, 1.165) is 29.4 Å². The van der Waals surface area contributed by atoms with Gasteiger partial charge in [0.2, 0.25) is 17.6 Å². The van der Waals surface area contributed by atoms with Crippen molar-refractivity contribution >= 4 is 33.4 Å². The molecule has 2 aromatic carbocycles. The first-order valence-electron chi connectivity index (χ1n) is 10.00. The van der Waals surface area contributed by atoms with Crippen molar-refractivity contribution in [3.8, 4) is 11.4 Å². The third-order valence-corrected chi connectivity index (χ3v) is 5.78. The van der Waals surface area contributed by atoms with E-state index in [0.29, 0.717) is 36.1 Å². The molecule has 8 nitrogen and oxygen atoms in total. The van der Waals surface area contributed by atoms with E-state index in [9.17, 15) is 9.59 Å². The lowest BCUT2D eigenvalue weighted by atomic mass is 9.97. The second-order valence-corrected chi connectivity index (χ2v) is 8.41. The van der Waals surface area contributed by atoms with Crippen molar-refractivity contribution in [1.29, 1.82) is 0 Å². The van der Waals surface area contributed by atoms with Crippen LogP contribution in [0.2, 0.25) is 0 Å². The largest absolute Gasteiger partial charge is 0.366 e. The number of hydrogen-bond donors (Lipinski definition) is 2. The predicted octanol–water partition coefficient (Wildman–Crippen LogP) is 3.45. The molecule has 0 saturated carbocycles. The SMILES string of the molecule is NC(=O)c1ccccc1NC(=O)C1CCCN(Cc2nc(-c3ccc(Br)cc3)no2)C1. The molecule has 1 unspecified atom stereocenters. The number of carbonyl (C=O) groups excluding carboxylic acids is 2. The molecule has 3 aromatic rings. The van der Waals surface area contributed by atoms with Crippen LogP contribution in [0.5, 0.6) is 0 Å². The molecule has 1 fully saturated rings. The molecule has 1 saturated heterocycles. The minimum Gasteiger partial charge on any atom is -0.366 e. The number of aromatic nitrogens is 2. The predicted molar refractivity (Wildman–Crippen MR) is 119 cm³/mol. The Morgan fingerprint density at radius 2 is 1.97 bits per heavy atom. The zero-order valence-electron chi connectivity index (χ0n) is 16.8. The fourth-order valence-corrected chi connectivity index (χ4v) is 3.95. The lowest BCUT2D eigenvalue weighted by Gasteiger charge is -2.31. The normalized spacial score (nSPS) is 16.7. The molecule has 2 amide bonds. The van der Waals surface area contributed by atoms with E-state index in [1.807, 2.05) is 24.3 Å². The van der Waals surface area contributed by atoms with Crippen molar-refractivity contribution in [2.45, 2.75) is 19.4 Å². The molecular weight excluding hydrogens is 462 g/mol. The Morgan fingerprint density at radius 3 is 2.74 bits per heavy atom. The number of carbonyl (C=O) groups is 2. The first kappa shape index (κ1) is 21.2. The van der Waals surface area contributed by atoms with E-state index in [-0.39, 0.29) is 11.8 Å². The minimum atomic E-state index is -0.570. The van der Waals surface area contributed by atoms with Gasteiger partial charge in [-0.05, 0) is 55.8 Å². The van der Waals surface area contributed by atoms with Crippen LogP contribution >= 0.6 is 15.9 Å². The van der Waals surface area contributed by atoms with Crippen molar-refractivity contribution < 1.29 is 14.1 Å². The smallest absolute Gasteiger partial charge is 0.250 e. The highest BCUT2D eigenvalue weighted by Gasteiger charge is 2.27. The summed E-state index contributed by atoms with van der Waals surface area (Å²) in [5, 5.41) is 6.92. The van der Waals surface area contributed by atoms with E-state index >= 15 is 0 Å². The fourth-order valence-electron chi connectivity index (χ4n) is 3.68. The summed E-state index contributed by atoms with van der Waals surface area (Å²) in [5.74, 6) is 0.150. The van der Waals surface area contributed by atoms with Crippen molar-refractivity contribution in [3.63, 3.8) is 0 Å². The second-order valence-electron chi connectivity index (χ2n) is 7.49. The molecule has 0 bridgehead atoms. The first-order valence-corrected chi connectivity index (χ1v) is 10.8. The summed E-state index contributed by atoms with van der Waals surface area (Å²) in [4.78, 5) is 31.0. The summed E-state index contributed by atoms with van der Waals surface area (Å²) >= 11 is 3.41. The van der Waals surface area contributed by atoms with Crippen LogP contribution in [0.25, 0.3) is 11.4 Å². The summed E-state index contributed by atoms with van der Waals surface area (Å²) in [6.07, 6.45) is 1.65. The zero-order chi connectivity index (χ0) is 21.8. The third-order valence-electron chi connectivity index (χ3n) is 5.26. The molecular formula is C22H22BrN5O3. The lowest BCUT2D eigenvalue weighted by Crippen LogP contribution is -2.40. The quantitative estimate of drug-likeness (QED) is 0.554. The van der Waals surface area contributed by atoms with Crippen molar-refractivity contribution in [2.24, 2.45) is 11.7 Å². The van der Waals surface area contributed by atoms with Crippen molar-refractivity contribution in [2.75, 3.05) is 18.4 Å². The Labute approximate surface area is 187 Å². The standard InChI is InChI=1S/C22H22BrN5O3/c23-16-9-7-14(8-10-16)21-26-19(31-27-21)13-28-11-3-4-15(12-28)22(30)25-18-6-2-1-5-17(18)20(24)29/h1-2,5-10,15H,3-4,11-13H2,(H2,24,29)(H,25,30). The average molecular weight is 484 g/mol. The van der Waals surface area contributed by atoms with Crippen LogP contribution in [0.1, 0.15) is 29.1 Å². The fraction of sp³-hybridized carbons (Fsp3) is 0.273. The Hall–Kier alpha value is -3.04. The molecule has 0 radical (unpaired) electrons. The number of halogens is 1. The van der Waals surface area contributed by atoms with Gasteiger partial charge in [0.1, 0.15) is 0 Å². The minimum absolute atomic E-state index is 0.125. The average Bonchev–Trinajstić information content (AvgIpc) is 3.23. The number of nitrogens with two attached hydrogens (primary N) is 1. The van der Waals surface area contributed by atoms with Crippen LogP contribution in [0.3, 0.4) is 0 Å². The van der Waals surface area contributed by atoms with Gasteiger partial charge in [-0.25, -0.2) is 0 Å². The zero-order valence-corrected chi connectivity index (χ0v) is 18.3. The van der Waals surface area contributed by atoms with Crippen LogP contribution in [0, 0.1) is 5.92 Å². The number of primary amides is 1. The number of anilines is 1. The molecule has 1 aliphatic heterocycles. The molecule has 160 valence electrons. The molecule has 9 heteroatoms. The summed E-state index contributed by atoms with van der Waals surface area (Å²) in [6.45, 7) is 1.89. The highest BCUT2D eigenvalue weighted by Crippen LogP contribution is 2.23. The monoisotopic (exact) mass is 483 g/mol. The number of para-hydroxylation sites is 1. The van der Waals surface area contributed by atoms with Gasteiger partial charge in [-0.2, -0.15) is 4.98 Å². The van der Waals surface area contributed by atoms with Crippen LogP contribution in [0.4, 0.5) is 5.69 Å². The van der Waals surface area contributed by atoms with Gasteiger partial charge in [-0.3, -0.25) is 14.5 Å². The van der Waals surface area contributed by atoms with Crippen LogP contribution in [0.15, 0.2) is 57.5 Å². The van der Waals surface area contributed by atoms with Crippen LogP contribution in [-0.2, 0) is 11.3 Å². The number of hydrogen-bond acceptors (Lipinski definition) is 6. The maximum atomic E-state index is 12.8. The van der Waals surface area contributed by atoms with Crippen LogP contribution < -0.4 is 11.1 Å². The molecule has 1 aromatic heterocycles. The maximum absolute atomic E-state index is 12.8. The van der Waals surface area contributed by atoms with Gasteiger partial charge in [-0.1, -0.05) is 33.2 Å². The van der Waals surface area contributed by atoms with E-state index in [1.54, 1.807) is 24.3 Å². The summed E-state index contributed by atoms with van der Waals surface area (Å²) in [7, 11) is 0. The number of nitrogens with one attached hydrogen (secondary N) is 1. The Balaban J connectivity index is 1.38. The summed E-state index contributed by atoms with van der Waals surface area (Å²) in [5.41, 5.74) is 7.02. The van der Waals surface area contributed by atoms with E-state index in [1.165, 1.54) is 0 Å². The van der Waals surface area contributed by atoms with Gasteiger partial charge >= 0.3 is 0 Å². The van der Waals surface area contributed by atoms with Gasteiger partial charge in [0.05, 0.1) is 23.7 Å². The summed E-state index contributed by atoms with van der Waals surface area (Å²) in [6, 6.07) is 14.4. The topological polar surface area (TPSA) is 114 Å². The van der Waals surface area contributed by atoms with Crippen molar-refractivity contribution in [3.05, 3.63) is 64.5 Å². The molecule has 4 rings (SSSR count). The van der Waals surface area contributed by atoms with Gasteiger partial charge < -0.3 is 15.6 Å². The van der Waals surface area contributed by atoms with Gasteiger partial charge in [0.25, 0.3) is 5.91 Å². The van der Waals surface area contributed by atoms with Gasteiger partial charge in [0, 0.05) is 16.6 Å². The number of piperidine rings is 1. The van der Waals surface area contributed by atoms with Gasteiger partial charge in [-0.15, -0.1) is 0 Å². The molecule has 2 heterocycles. The molecule has 31 heavy (non-hydrogen) atoms. The molecule has 0 aliphatic carbocycles. The number of rotatable bonds is 6. The highest BCUT2D eigenvalue weighted by atomic mass is 79.9. The van der Waals surface area contributed by atoms with Crippen LogP contribution in [-0.4, -0.2) is 39.9 Å². The molecule has 3 N–H and O–H groups in total. The van der Waals surface area contributed by atoms with Crippen molar-refractivity contribution in [1.82, 2.24) is 15.0 Å². The Bertz CT molecular complexity index is 1080. The molecule has 1 atom stereocenters. The van der Waals surface area contributed by atoms with E-state index in [4.69, 9.17) is 10.3 Å². The number of benzene rings is 2. The second kappa shape index (κ2) is 9.40. The summed E-state index contributed by atoms with van der Waals surface area (Å²) < 4.78 is 6.40. The molecule has 0 spiro atoms. The molecule has 1 aliphatic rings. The Morgan fingerprint density at radius 1 is 1.19 bits per heavy atom. The number of nitrogens with zero attached hydrogens (tertiary/aromatic N) is 3. The number of amides is 2. The first-order chi connectivity index (χ1) is 15.0. The van der Waals surface area contributed by atoms with Gasteiger partial charge in [0.15, 0.2) is 0 Å². The third kappa shape index (κ3) is 5.18. The maximum Gasteiger partial charge on any atom is 0.250 e. The highest BCUT2D eigenvalue weighted by molar-refractivity contribution is 9.10.